The van der Waals surface area contributed by atoms with E-state index in [-0.39, 0.29) is 6.04 Å². The second-order valence-corrected chi connectivity index (χ2v) is 5.43. The summed E-state index contributed by atoms with van der Waals surface area (Å²) in [4.78, 5) is 3.99. The molecule has 0 radical (unpaired) electrons. The first-order valence-corrected chi connectivity index (χ1v) is 6.96. The van der Waals surface area contributed by atoms with Gasteiger partial charge in [-0.15, -0.1) is 0 Å². The Bertz CT molecular complexity index is 572. The van der Waals surface area contributed by atoms with Gasteiger partial charge in [-0.1, -0.05) is 34.8 Å². The Hall–Kier alpha value is -0.800. The van der Waals surface area contributed by atoms with Crippen molar-refractivity contribution in [2.24, 2.45) is 0 Å². The van der Waals surface area contributed by atoms with E-state index in [1.165, 1.54) is 0 Å². The Kier molecular flexibility index (Phi) is 5.06. The van der Waals surface area contributed by atoms with Crippen molar-refractivity contribution in [1.82, 2.24) is 10.3 Å². The van der Waals surface area contributed by atoms with E-state index >= 15 is 0 Å². The highest BCUT2D eigenvalue weighted by Crippen LogP contribution is 2.28. The normalized spacial score (nSPS) is 12.4. The molecule has 0 saturated heterocycles. The summed E-state index contributed by atoms with van der Waals surface area (Å²) in [7, 11) is 1.89. The Morgan fingerprint density at radius 3 is 2.63 bits per heavy atom. The molecule has 1 unspecified atom stereocenters. The summed E-state index contributed by atoms with van der Waals surface area (Å²) < 4.78 is 0. The van der Waals surface area contributed by atoms with Crippen LogP contribution in [0.3, 0.4) is 0 Å². The van der Waals surface area contributed by atoms with Crippen LogP contribution in [0.15, 0.2) is 36.7 Å². The average molecular weight is 316 g/mol. The van der Waals surface area contributed by atoms with Crippen LogP contribution >= 0.6 is 34.8 Å². The number of hydrogen-bond acceptors (Lipinski definition) is 2. The third-order valence-corrected chi connectivity index (χ3v) is 3.88. The largest absolute Gasteiger partial charge is 0.313 e. The SMILES string of the molecule is CNC(Cc1cc(Cl)ccc1Cl)c1ccncc1Cl. The highest BCUT2D eigenvalue weighted by Gasteiger charge is 2.15. The number of rotatable bonds is 4. The van der Waals surface area contributed by atoms with Crippen molar-refractivity contribution in [3.8, 4) is 0 Å². The average Bonchev–Trinajstić information content (AvgIpc) is 2.41. The summed E-state index contributed by atoms with van der Waals surface area (Å²) in [6.07, 6.45) is 4.07. The minimum Gasteiger partial charge on any atom is -0.313 e. The first-order valence-electron chi connectivity index (χ1n) is 5.82. The first-order chi connectivity index (χ1) is 9.11. The van der Waals surface area contributed by atoms with Gasteiger partial charge < -0.3 is 5.32 Å². The maximum atomic E-state index is 6.19. The fourth-order valence-corrected chi connectivity index (χ4v) is 2.60. The van der Waals surface area contributed by atoms with Crippen LogP contribution in [0.25, 0.3) is 0 Å². The lowest BCUT2D eigenvalue weighted by Gasteiger charge is -2.18. The molecule has 2 nitrogen and oxygen atoms in total. The lowest BCUT2D eigenvalue weighted by Crippen LogP contribution is -2.19. The van der Waals surface area contributed by atoms with Gasteiger partial charge in [-0.3, -0.25) is 4.98 Å². The maximum absolute atomic E-state index is 6.19. The van der Waals surface area contributed by atoms with Crippen molar-refractivity contribution in [3.05, 3.63) is 62.9 Å². The molecule has 0 bridgehead atoms. The van der Waals surface area contributed by atoms with Crippen LogP contribution in [0.5, 0.6) is 0 Å². The van der Waals surface area contributed by atoms with Crippen LogP contribution in [0.1, 0.15) is 17.2 Å². The van der Waals surface area contributed by atoms with Gasteiger partial charge in [-0.25, -0.2) is 0 Å². The van der Waals surface area contributed by atoms with E-state index in [4.69, 9.17) is 34.8 Å². The van der Waals surface area contributed by atoms with Crippen molar-refractivity contribution in [1.29, 1.82) is 0 Å². The van der Waals surface area contributed by atoms with E-state index in [0.717, 1.165) is 11.1 Å². The Labute approximate surface area is 127 Å². The van der Waals surface area contributed by atoms with Gasteiger partial charge in [-0.05, 0) is 48.9 Å². The number of nitrogens with one attached hydrogen (secondary N) is 1. The molecule has 5 heteroatoms. The van der Waals surface area contributed by atoms with E-state index in [9.17, 15) is 0 Å². The van der Waals surface area contributed by atoms with Crippen LogP contribution in [-0.2, 0) is 6.42 Å². The minimum atomic E-state index is 0.0615. The molecule has 1 N–H and O–H groups in total. The van der Waals surface area contributed by atoms with Crippen LogP contribution in [0.2, 0.25) is 15.1 Å². The van der Waals surface area contributed by atoms with Gasteiger partial charge >= 0.3 is 0 Å². The van der Waals surface area contributed by atoms with Gasteiger partial charge in [0.05, 0.1) is 5.02 Å². The van der Waals surface area contributed by atoms with Crippen molar-refractivity contribution in [3.63, 3.8) is 0 Å². The predicted molar refractivity (Wildman–Crippen MR) is 81.2 cm³/mol. The zero-order valence-electron chi connectivity index (χ0n) is 10.3. The number of likely N-dealkylation sites (N-methyl/N-ethyl adjacent to an activating group) is 1. The van der Waals surface area contributed by atoms with E-state index in [1.807, 2.05) is 19.2 Å². The highest BCUT2D eigenvalue weighted by molar-refractivity contribution is 6.33. The minimum absolute atomic E-state index is 0.0615. The standard InChI is InChI=1S/C14H13Cl3N2/c1-18-14(11-4-5-19-8-13(11)17)7-9-6-10(15)2-3-12(9)16/h2-6,8,14,18H,7H2,1H3. The topological polar surface area (TPSA) is 24.9 Å². The van der Waals surface area contributed by atoms with Gasteiger partial charge in [0.25, 0.3) is 0 Å². The molecule has 0 aliphatic rings. The Balaban J connectivity index is 2.29. The van der Waals surface area contributed by atoms with Gasteiger partial charge in [0.1, 0.15) is 0 Å². The Morgan fingerprint density at radius 1 is 1.16 bits per heavy atom. The molecule has 1 atom stereocenters. The van der Waals surface area contributed by atoms with E-state index < -0.39 is 0 Å². The lowest BCUT2D eigenvalue weighted by molar-refractivity contribution is 0.591. The number of nitrogens with zero attached hydrogens (tertiary/aromatic N) is 1. The fourth-order valence-electron chi connectivity index (χ4n) is 1.96. The summed E-state index contributed by atoms with van der Waals surface area (Å²) in [6.45, 7) is 0. The quantitative estimate of drug-likeness (QED) is 0.895. The van der Waals surface area contributed by atoms with E-state index in [2.05, 4.69) is 10.3 Å². The fraction of sp³-hybridized carbons (Fsp3) is 0.214. The first kappa shape index (κ1) is 14.6. The zero-order chi connectivity index (χ0) is 13.8. The molecule has 1 aromatic heterocycles. The molecule has 0 fully saturated rings. The number of hydrogen-bond donors (Lipinski definition) is 1. The summed E-state index contributed by atoms with van der Waals surface area (Å²) in [6, 6.07) is 7.43. The molecule has 19 heavy (non-hydrogen) atoms. The summed E-state index contributed by atoms with van der Waals surface area (Å²) in [5.74, 6) is 0. The summed E-state index contributed by atoms with van der Waals surface area (Å²) in [5.41, 5.74) is 1.98. The molecule has 0 saturated carbocycles. The summed E-state index contributed by atoms with van der Waals surface area (Å²) >= 11 is 18.4. The molecule has 0 aliphatic heterocycles. The Morgan fingerprint density at radius 2 is 1.95 bits per heavy atom. The number of benzene rings is 1. The molecule has 0 aliphatic carbocycles. The van der Waals surface area contributed by atoms with Gasteiger partial charge in [-0.2, -0.15) is 0 Å². The van der Waals surface area contributed by atoms with Gasteiger partial charge in [0.2, 0.25) is 0 Å². The van der Waals surface area contributed by atoms with Crippen molar-refractivity contribution in [2.45, 2.75) is 12.5 Å². The monoisotopic (exact) mass is 314 g/mol. The number of halogens is 3. The molecule has 1 heterocycles. The highest BCUT2D eigenvalue weighted by atomic mass is 35.5. The van der Waals surface area contributed by atoms with Crippen molar-refractivity contribution >= 4 is 34.8 Å². The van der Waals surface area contributed by atoms with Crippen LogP contribution in [-0.4, -0.2) is 12.0 Å². The van der Waals surface area contributed by atoms with Crippen LogP contribution in [0, 0.1) is 0 Å². The molecular weight excluding hydrogens is 303 g/mol. The van der Waals surface area contributed by atoms with Gasteiger partial charge in [0, 0.05) is 28.5 Å². The predicted octanol–water partition coefficient (Wildman–Crippen LogP) is 4.55. The van der Waals surface area contributed by atoms with E-state index in [1.54, 1.807) is 24.5 Å². The zero-order valence-corrected chi connectivity index (χ0v) is 12.6. The molecular formula is C14H13Cl3N2. The van der Waals surface area contributed by atoms with Crippen LogP contribution < -0.4 is 5.32 Å². The molecule has 2 rings (SSSR count). The smallest absolute Gasteiger partial charge is 0.0637 e. The molecule has 2 aromatic rings. The second-order valence-electron chi connectivity index (χ2n) is 4.18. The van der Waals surface area contributed by atoms with E-state index in [0.29, 0.717) is 21.5 Å². The van der Waals surface area contributed by atoms with Crippen molar-refractivity contribution in [2.75, 3.05) is 7.05 Å². The third-order valence-electron chi connectivity index (χ3n) is 2.96. The van der Waals surface area contributed by atoms with Crippen LogP contribution in [0.4, 0.5) is 0 Å². The lowest BCUT2D eigenvalue weighted by atomic mass is 10.00. The maximum Gasteiger partial charge on any atom is 0.0637 e. The molecule has 0 spiro atoms. The number of pyridine rings is 1. The molecule has 0 amide bonds. The van der Waals surface area contributed by atoms with Crippen molar-refractivity contribution < 1.29 is 0 Å². The number of aromatic nitrogens is 1. The summed E-state index contributed by atoms with van der Waals surface area (Å²) in [5, 5.41) is 5.26. The van der Waals surface area contributed by atoms with Gasteiger partial charge in [0.15, 0.2) is 0 Å². The molecule has 100 valence electrons. The molecule has 1 aromatic carbocycles. The second kappa shape index (κ2) is 6.58. The third kappa shape index (κ3) is 3.61.